The Morgan fingerprint density at radius 1 is 1.43 bits per heavy atom. The van der Waals surface area contributed by atoms with E-state index in [-0.39, 0.29) is 6.04 Å². The second kappa shape index (κ2) is 7.36. The quantitative estimate of drug-likeness (QED) is 0.665. The molecule has 0 spiro atoms. The summed E-state index contributed by atoms with van der Waals surface area (Å²) in [5, 5.41) is 13.6. The Kier molecular flexibility index (Phi) is 5.04. The van der Waals surface area contributed by atoms with Crippen molar-refractivity contribution in [1.82, 2.24) is 10.2 Å². The van der Waals surface area contributed by atoms with Gasteiger partial charge in [-0.2, -0.15) is 0 Å². The third-order valence-electron chi connectivity index (χ3n) is 5.13. The highest BCUT2D eigenvalue weighted by molar-refractivity contribution is 8.03. The Labute approximate surface area is 169 Å². The van der Waals surface area contributed by atoms with E-state index in [1.165, 1.54) is 19.3 Å². The minimum absolute atomic E-state index is 0.0351. The molecule has 1 aliphatic carbocycles. The minimum atomic E-state index is -1.08. The van der Waals surface area contributed by atoms with E-state index in [0.717, 1.165) is 21.7 Å². The van der Waals surface area contributed by atoms with Gasteiger partial charge in [-0.1, -0.05) is 18.3 Å². The monoisotopic (exact) mass is 399 g/mol. The molecule has 0 radical (unpaired) electrons. The second-order valence-electron chi connectivity index (χ2n) is 7.93. The largest absolute Gasteiger partial charge is 0.491 e. The van der Waals surface area contributed by atoms with Crippen LogP contribution >= 0.6 is 11.8 Å². The number of nitrogens with zero attached hydrogens (tertiary/aromatic N) is 1. The Bertz CT molecular complexity index is 890. The molecule has 2 aliphatic heterocycles. The Hall–Kier alpha value is -2.14. The number of nitrogens with one attached hydrogen (secondary N) is 1. The van der Waals surface area contributed by atoms with Crippen molar-refractivity contribution in [3.8, 4) is 17.6 Å². The van der Waals surface area contributed by atoms with E-state index in [0.29, 0.717) is 24.3 Å². The first-order chi connectivity index (χ1) is 13.3. The van der Waals surface area contributed by atoms with E-state index in [4.69, 9.17) is 10.5 Å². The lowest BCUT2D eigenvalue weighted by molar-refractivity contribution is 0.143. The fraction of sp³-hybridized carbons (Fsp3) is 0.476. The average molecular weight is 400 g/mol. The third kappa shape index (κ3) is 3.86. The van der Waals surface area contributed by atoms with Gasteiger partial charge in [-0.25, -0.2) is 4.79 Å². The summed E-state index contributed by atoms with van der Waals surface area (Å²) in [6.45, 7) is 3.80. The third-order valence-corrected chi connectivity index (χ3v) is 6.31. The Morgan fingerprint density at radius 3 is 2.86 bits per heavy atom. The summed E-state index contributed by atoms with van der Waals surface area (Å²) in [4.78, 5) is 14.8. The maximum atomic E-state index is 12.1. The average Bonchev–Trinajstić information content (AvgIpc) is 2.97. The van der Waals surface area contributed by atoms with Crippen LogP contribution in [0, 0.1) is 11.8 Å². The van der Waals surface area contributed by atoms with Crippen LogP contribution in [0.2, 0.25) is 0 Å². The van der Waals surface area contributed by atoms with Gasteiger partial charge in [-0.3, -0.25) is 4.90 Å². The molecule has 1 aromatic carbocycles. The molecule has 1 unspecified atom stereocenters. The maximum absolute atomic E-state index is 12.1. The summed E-state index contributed by atoms with van der Waals surface area (Å²) in [6.07, 6.45) is 3.60. The highest BCUT2D eigenvalue weighted by Gasteiger charge is 2.37. The number of nitrogens with two attached hydrogens (primary N) is 1. The number of thioether (sulfide) groups is 1. The fourth-order valence-corrected chi connectivity index (χ4v) is 4.71. The lowest BCUT2D eigenvalue weighted by atomic mass is 9.92. The van der Waals surface area contributed by atoms with Crippen LogP contribution in [0.15, 0.2) is 23.1 Å². The molecule has 0 bridgehead atoms. The van der Waals surface area contributed by atoms with Crippen molar-refractivity contribution in [2.75, 3.05) is 12.5 Å². The number of hydrogen-bond acceptors (Lipinski definition) is 5. The summed E-state index contributed by atoms with van der Waals surface area (Å²) in [6, 6.07) is 5.72. The van der Waals surface area contributed by atoms with Crippen molar-refractivity contribution in [1.29, 1.82) is 0 Å². The van der Waals surface area contributed by atoms with Gasteiger partial charge >= 0.3 is 6.03 Å². The second-order valence-corrected chi connectivity index (χ2v) is 8.92. The SMILES string of the molecule is CC(C)(O)C#Cc1ccc2c(c1)C1=C(SCN1C(N)=O)C(NC1CCC1)CO2. The molecule has 2 heterocycles. The van der Waals surface area contributed by atoms with Crippen molar-refractivity contribution >= 4 is 23.5 Å². The first kappa shape index (κ1) is 19.2. The van der Waals surface area contributed by atoms with Gasteiger partial charge in [0.25, 0.3) is 0 Å². The van der Waals surface area contributed by atoms with Crippen LogP contribution in [0.3, 0.4) is 0 Å². The molecule has 1 atom stereocenters. The summed E-state index contributed by atoms with van der Waals surface area (Å²) in [5.74, 6) is 7.05. The first-order valence-corrected chi connectivity index (χ1v) is 10.5. The molecular formula is C21H25N3O3S. The molecule has 0 saturated heterocycles. The lowest BCUT2D eigenvalue weighted by Crippen LogP contribution is -2.45. The fourth-order valence-electron chi connectivity index (χ4n) is 3.49. The molecule has 1 aromatic rings. The summed E-state index contributed by atoms with van der Waals surface area (Å²) >= 11 is 1.63. The van der Waals surface area contributed by atoms with Gasteiger partial charge in [-0.05, 0) is 44.9 Å². The number of carbonyl (C=O) groups is 1. The van der Waals surface area contributed by atoms with E-state index < -0.39 is 11.6 Å². The molecule has 2 amide bonds. The van der Waals surface area contributed by atoms with E-state index in [9.17, 15) is 9.90 Å². The van der Waals surface area contributed by atoms with Gasteiger partial charge in [0, 0.05) is 22.1 Å². The van der Waals surface area contributed by atoms with Crippen LogP contribution in [0.5, 0.6) is 5.75 Å². The Balaban J connectivity index is 1.76. The number of benzene rings is 1. The number of urea groups is 1. The van der Waals surface area contributed by atoms with Crippen molar-refractivity contribution in [3.63, 3.8) is 0 Å². The summed E-state index contributed by atoms with van der Waals surface area (Å²) in [5.41, 5.74) is 6.98. The van der Waals surface area contributed by atoms with Crippen LogP contribution in [0.25, 0.3) is 5.70 Å². The van der Waals surface area contributed by atoms with Gasteiger partial charge in [-0.15, -0.1) is 11.8 Å². The van der Waals surface area contributed by atoms with Gasteiger partial charge < -0.3 is 20.9 Å². The maximum Gasteiger partial charge on any atom is 0.320 e. The van der Waals surface area contributed by atoms with Crippen LogP contribution in [0.1, 0.15) is 44.2 Å². The van der Waals surface area contributed by atoms with E-state index in [1.807, 2.05) is 18.2 Å². The number of primary amides is 1. The predicted octanol–water partition coefficient (Wildman–Crippen LogP) is 2.47. The van der Waals surface area contributed by atoms with E-state index in [2.05, 4.69) is 17.2 Å². The van der Waals surface area contributed by atoms with Crippen molar-refractivity contribution in [2.45, 2.75) is 50.8 Å². The van der Waals surface area contributed by atoms with Gasteiger partial charge in [0.2, 0.25) is 0 Å². The number of hydrogen-bond donors (Lipinski definition) is 3. The topological polar surface area (TPSA) is 87.8 Å². The molecule has 148 valence electrons. The van der Waals surface area contributed by atoms with Crippen LogP contribution in [-0.4, -0.2) is 46.2 Å². The van der Waals surface area contributed by atoms with Gasteiger partial charge in [0.1, 0.15) is 18.0 Å². The normalized spacial score (nSPS) is 21.7. The van der Waals surface area contributed by atoms with Gasteiger partial charge in [0.05, 0.1) is 17.6 Å². The van der Waals surface area contributed by atoms with Crippen LogP contribution in [-0.2, 0) is 0 Å². The number of aliphatic hydroxyl groups is 1. The molecule has 4 N–H and O–H groups in total. The number of fused-ring (bicyclic) bond motifs is 2. The minimum Gasteiger partial charge on any atom is -0.491 e. The standard InChI is InChI=1S/C21H25N3O3S/c1-21(2,26)9-8-13-6-7-17-15(10-13)18-19(28-12-24(18)20(22)25)16(11-27-17)23-14-4-3-5-14/h6-7,10,14,16,23,26H,3-5,11-12H2,1-2H3,(H2,22,25). The van der Waals surface area contributed by atoms with Crippen LogP contribution in [0.4, 0.5) is 4.79 Å². The zero-order valence-electron chi connectivity index (χ0n) is 16.1. The number of ether oxygens (including phenoxy) is 1. The number of amides is 2. The molecule has 6 nitrogen and oxygen atoms in total. The zero-order chi connectivity index (χ0) is 19.9. The van der Waals surface area contributed by atoms with Gasteiger partial charge in [0.15, 0.2) is 0 Å². The lowest BCUT2D eigenvalue weighted by Gasteiger charge is -2.31. The van der Waals surface area contributed by atoms with Crippen LogP contribution < -0.4 is 15.8 Å². The van der Waals surface area contributed by atoms with E-state index >= 15 is 0 Å². The summed E-state index contributed by atoms with van der Waals surface area (Å²) in [7, 11) is 0. The predicted molar refractivity (Wildman–Crippen MR) is 110 cm³/mol. The first-order valence-electron chi connectivity index (χ1n) is 9.54. The van der Waals surface area contributed by atoms with Crippen molar-refractivity contribution < 1.29 is 14.6 Å². The molecule has 3 aliphatic rings. The van der Waals surface area contributed by atoms with Crippen molar-refractivity contribution in [3.05, 3.63) is 34.2 Å². The highest BCUT2D eigenvalue weighted by Crippen LogP contribution is 2.45. The molecule has 1 saturated carbocycles. The van der Waals surface area contributed by atoms with E-state index in [1.54, 1.807) is 30.5 Å². The number of carbonyl (C=O) groups excluding carboxylic acids is 1. The smallest absolute Gasteiger partial charge is 0.320 e. The molecule has 1 fully saturated rings. The number of rotatable bonds is 2. The molecule has 28 heavy (non-hydrogen) atoms. The highest BCUT2D eigenvalue weighted by atomic mass is 32.2. The molecular weight excluding hydrogens is 374 g/mol. The van der Waals surface area contributed by atoms with Crippen molar-refractivity contribution in [2.24, 2.45) is 5.73 Å². The molecule has 7 heteroatoms. The Morgan fingerprint density at radius 2 is 2.21 bits per heavy atom. The molecule has 0 aromatic heterocycles. The molecule has 4 rings (SSSR count). The summed E-state index contributed by atoms with van der Waals surface area (Å²) < 4.78 is 6.10. The zero-order valence-corrected chi connectivity index (χ0v) is 16.9.